The van der Waals surface area contributed by atoms with Crippen molar-refractivity contribution >= 4 is 21.6 Å². The third-order valence-electron chi connectivity index (χ3n) is 3.49. The van der Waals surface area contributed by atoms with E-state index in [1.165, 1.54) is 23.3 Å². The highest BCUT2D eigenvalue weighted by molar-refractivity contribution is 7.18. The molecule has 2 aromatic rings. The Morgan fingerprint density at radius 2 is 2.14 bits per heavy atom. The summed E-state index contributed by atoms with van der Waals surface area (Å²) < 4.78 is 37.0. The van der Waals surface area contributed by atoms with E-state index < -0.39 is 12.7 Å². The lowest BCUT2D eigenvalue weighted by Crippen LogP contribution is -2.31. The average Bonchev–Trinajstić information content (AvgIpc) is 2.84. The van der Waals surface area contributed by atoms with Gasteiger partial charge in [0.25, 0.3) is 5.56 Å². The van der Waals surface area contributed by atoms with Gasteiger partial charge >= 0.3 is 6.18 Å². The van der Waals surface area contributed by atoms with Crippen LogP contribution in [0.1, 0.15) is 22.7 Å². The van der Waals surface area contributed by atoms with Crippen molar-refractivity contribution < 1.29 is 13.2 Å². The normalized spacial score (nSPS) is 15.1. The molecule has 1 N–H and O–H groups in total. The van der Waals surface area contributed by atoms with Crippen LogP contribution in [0.5, 0.6) is 0 Å². The number of aromatic amines is 1. The summed E-state index contributed by atoms with van der Waals surface area (Å²) in [5.74, 6) is 0.277. The molecule has 4 nitrogen and oxygen atoms in total. The Morgan fingerprint density at radius 1 is 1.38 bits per heavy atom. The smallest absolute Gasteiger partial charge is 0.309 e. The van der Waals surface area contributed by atoms with Crippen molar-refractivity contribution in [2.45, 2.75) is 32.0 Å². The fraction of sp³-hybridized carbons (Fsp3) is 0.538. The van der Waals surface area contributed by atoms with Crippen LogP contribution in [0.2, 0.25) is 0 Å². The topological polar surface area (TPSA) is 49.0 Å². The van der Waals surface area contributed by atoms with Crippen LogP contribution in [0.25, 0.3) is 10.2 Å². The van der Waals surface area contributed by atoms with Gasteiger partial charge in [-0.2, -0.15) is 13.2 Å². The second-order valence-corrected chi connectivity index (χ2v) is 6.42. The molecule has 0 bridgehead atoms. The monoisotopic (exact) mass is 317 g/mol. The number of hydrogen-bond donors (Lipinski definition) is 1. The predicted octanol–water partition coefficient (Wildman–Crippen LogP) is 2.47. The third kappa shape index (κ3) is 2.96. The SMILES string of the molecule is CN(Cc1nc2sc3c(c2c(=O)[nH]1)CCC3)CC(F)(F)F. The number of nitrogens with zero attached hydrogens (tertiary/aromatic N) is 2. The van der Waals surface area contributed by atoms with E-state index in [2.05, 4.69) is 9.97 Å². The maximum Gasteiger partial charge on any atom is 0.401 e. The Morgan fingerprint density at radius 3 is 2.86 bits per heavy atom. The van der Waals surface area contributed by atoms with E-state index in [4.69, 9.17) is 0 Å². The maximum absolute atomic E-state index is 12.3. The summed E-state index contributed by atoms with van der Waals surface area (Å²) in [4.78, 5) is 22.0. The molecule has 21 heavy (non-hydrogen) atoms. The van der Waals surface area contributed by atoms with E-state index in [9.17, 15) is 18.0 Å². The molecule has 0 amide bonds. The Hall–Kier alpha value is -1.41. The van der Waals surface area contributed by atoms with Gasteiger partial charge in [0.1, 0.15) is 10.7 Å². The van der Waals surface area contributed by atoms with Crippen LogP contribution in [0.3, 0.4) is 0 Å². The van der Waals surface area contributed by atoms with E-state index in [1.807, 2.05) is 0 Å². The molecule has 0 saturated carbocycles. The molecule has 2 aromatic heterocycles. The number of H-pyrrole nitrogens is 1. The van der Waals surface area contributed by atoms with Gasteiger partial charge in [0, 0.05) is 4.88 Å². The van der Waals surface area contributed by atoms with E-state index in [0.717, 1.165) is 29.7 Å². The molecule has 0 aromatic carbocycles. The third-order valence-corrected chi connectivity index (χ3v) is 4.68. The van der Waals surface area contributed by atoms with Gasteiger partial charge in [-0.15, -0.1) is 11.3 Å². The zero-order chi connectivity index (χ0) is 15.2. The molecule has 114 valence electrons. The van der Waals surface area contributed by atoms with Gasteiger partial charge in [-0.05, 0) is 31.9 Å². The highest BCUT2D eigenvalue weighted by Gasteiger charge is 2.29. The second kappa shape index (κ2) is 5.10. The molecule has 3 rings (SSSR count). The van der Waals surface area contributed by atoms with Crippen LogP contribution in [0.4, 0.5) is 13.2 Å². The van der Waals surface area contributed by atoms with Gasteiger partial charge in [0.05, 0.1) is 18.5 Å². The van der Waals surface area contributed by atoms with Crippen LogP contribution in [0.15, 0.2) is 4.79 Å². The standard InChI is InChI=1S/C13H14F3N3OS/c1-19(6-13(14,15)16)5-9-17-11(20)10-7-3-2-4-8(7)21-12(10)18-9/h2-6H2,1H3,(H,17,18,20). The summed E-state index contributed by atoms with van der Waals surface area (Å²) in [5.41, 5.74) is 0.828. The molecule has 0 saturated heterocycles. The molecule has 0 atom stereocenters. The molecule has 1 aliphatic rings. The summed E-state index contributed by atoms with van der Waals surface area (Å²) in [7, 11) is 1.35. The van der Waals surface area contributed by atoms with Crippen molar-refractivity contribution in [1.29, 1.82) is 0 Å². The summed E-state index contributed by atoms with van der Waals surface area (Å²) in [6, 6.07) is 0. The van der Waals surface area contributed by atoms with Crippen molar-refractivity contribution in [3.8, 4) is 0 Å². The Balaban J connectivity index is 1.90. The predicted molar refractivity (Wildman–Crippen MR) is 74.7 cm³/mol. The average molecular weight is 317 g/mol. The molecule has 8 heteroatoms. The van der Waals surface area contributed by atoms with Crippen LogP contribution >= 0.6 is 11.3 Å². The number of nitrogens with one attached hydrogen (secondary N) is 1. The molecule has 2 heterocycles. The van der Waals surface area contributed by atoms with Crippen LogP contribution in [-0.2, 0) is 19.4 Å². The second-order valence-electron chi connectivity index (χ2n) is 5.34. The van der Waals surface area contributed by atoms with E-state index in [1.54, 1.807) is 0 Å². The first kappa shape index (κ1) is 14.5. The van der Waals surface area contributed by atoms with E-state index in [0.29, 0.717) is 10.2 Å². The zero-order valence-electron chi connectivity index (χ0n) is 11.4. The van der Waals surface area contributed by atoms with Crippen molar-refractivity contribution in [3.63, 3.8) is 0 Å². The number of thiophene rings is 1. The lowest BCUT2D eigenvalue weighted by atomic mass is 10.2. The van der Waals surface area contributed by atoms with Gasteiger partial charge in [-0.25, -0.2) is 4.98 Å². The Bertz CT molecular complexity index is 735. The van der Waals surface area contributed by atoms with Crippen molar-refractivity contribution in [2.24, 2.45) is 0 Å². The maximum atomic E-state index is 12.3. The molecule has 0 aliphatic heterocycles. The van der Waals surface area contributed by atoms with Crippen LogP contribution in [-0.4, -0.2) is 34.6 Å². The molecule has 1 aliphatic carbocycles. The van der Waals surface area contributed by atoms with Gasteiger partial charge in [0.2, 0.25) is 0 Å². The Kier molecular flexibility index (Phi) is 3.53. The van der Waals surface area contributed by atoms with Crippen molar-refractivity contribution in [2.75, 3.05) is 13.6 Å². The number of rotatable bonds is 3. The summed E-state index contributed by atoms with van der Waals surface area (Å²) >= 11 is 1.48. The van der Waals surface area contributed by atoms with Crippen LogP contribution in [0, 0.1) is 0 Å². The van der Waals surface area contributed by atoms with E-state index in [-0.39, 0.29) is 17.9 Å². The number of hydrogen-bond acceptors (Lipinski definition) is 4. The zero-order valence-corrected chi connectivity index (χ0v) is 12.2. The summed E-state index contributed by atoms with van der Waals surface area (Å²) in [6.07, 6.45) is -1.37. The molecule has 0 unspecified atom stereocenters. The summed E-state index contributed by atoms with van der Waals surface area (Å²) in [5, 5.41) is 0.620. The first-order chi connectivity index (χ1) is 9.83. The molecule has 0 fully saturated rings. The number of aromatic nitrogens is 2. The number of fused-ring (bicyclic) bond motifs is 3. The molecule has 0 radical (unpaired) electrons. The minimum atomic E-state index is -4.26. The summed E-state index contributed by atoms with van der Waals surface area (Å²) in [6.45, 7) is -1.07. The Labute approximate surface area is 122 Å². The fourth-order valence-electron chi connectivity index (χ4n) is 2.74. The largest absolute Gasteiger partial charge is 0.401 e. The molecular formula is C13H14F3N3OS. The van der Waals surface area contributed by atoms with Gasteiger partial charge < -0.3 is 4.98 Å². The highest BCUT2D eigenvalue weighted by atomic mass is 32.1. The first-order valence-corrected chi connectivity index (χ1v) is 7.44. The van der Waals surface area contributed by atoms with Crippen LogP contribution < -0.4 is 5.56 Å². The number of alkyl halides is 3. The quantitative estimate of drug-likeness (QED) is 0.946. The lowest BCUT2D eigenvalue weighted by molar-refractivity contribution is -0.144. The fourth-order valence-corrected chi connectivity index (χ4v) is 4.02. The van der Waals surface area contributed by atoms with E-state index >= 15 is 0 Å². The highest BCUT2D eigenvalue weighted by Crippen LogP contribution is 2.34. The van der Waals surface area contributed by atoms with Gasteiger partial charge in [-0.3, -0.25) is 9.69 Å². The van der Waals surface area contributed by atoms with Gasteiger partial charge in [-0.1, -0.05) is 0 Å². The lowest BCUT2D eigenvalue weighted by Gasteiger charge is -2.17. The van der Waals surface area contributed by atoms with Crippen molar-refractivity contribution in [1.82, 2.24) is 14.9 Å². The minimum absolute atomic E-state index is 0.0345. The first-order valence-electron chi connectivity index (χ1n) is 6.62. The number of aryl methyl sites for hydroxylation is 2. The minimum Gasteiger partial charge on any atom is -0.309 e. The van der Waals surface area contributed by atoms with Gasteiger partial charge in [0.15, 0.2) is 0 Å². The number of halogens is 3. The van der Waals surface area contributed by atoms with Crippen molar-refractivity contribution in [3.05, 3.63) is 26.6 Å². The molecule has 0 spiro atoms. The molecular weight excluding hydrogens is 303 g/mol.